The van der Waals surface area contributed by atoms with Crippen molar-refractivity contribution < 1.29 is 28.2 Å². The largest absolute Gasteiger partial charge is 0.493 e. The Morgan fingerprint density at radius 2 is 1.88 bits per heavy atom. The Balaban J connectivity index is 1.92. The second-order valence-corrected chi connectivity index (χ2v) is 5.36. The fourth-order valence-corrected chi connectivity index (χ4v) is 2.16. The lowest BCUT2D eigenvalue weighted by molar-refractivity contribution is -0.136. The van der Waals surface area contributed by atoms with Crippen LogP contribution in [0.1, 0.15) is 16.1 Å². The van der Waals surface area contributed by atoms with E-state index in [1.165, 1.54) is 32.4 Å². The summed E-state index contributed by atoms with van der Waals surface area (Å²) in [5.74, 6) is 0.441. The Hall–Kier alpha value is -2.54. The Morgan fingerprint density at radius 1 is 1.12 bits per heavy atom. The van der Waals surface area contributed by atoms with Crippen molar-refractivity contribution in [3.8, 4) is 11.5 Å². The molecule has 0 unspecified atom stereocenters. The van der Waals surface area contributed by atoms with Crippen LogP contribution in [-0.2, 0) is 9.53 Å². The van der Waals surface area contributed by atoms with E-state index in [2.05, 4.69) is 15.9 Å². The van der Waals surface area contributed by atoms with Gasteiger partial charge in [0.1, 0.15) is 5.76 Å². The number of hydrogen-bond donors (Lipinski definition) is 0. The van der Waals surface area contributed by atoms with Crippen LogP contribution in [0.15, 0.2) is 45.5 Å². The van der Waals surface area contributed by atoms with Gasteiger partial charge >= 0.3 is 5.97 Å². The van der Waals surface area contributed by atoms with E-state index in [1.54, 1.807) is 24.3 Å². The lowest BCUT2D eigenvalue weighted by atomic mass is 10.1. The van der Waals surface area contributed by atoms with Gasteiger partial charge in [0.15, 0.2) is 28.6 Å². The minimum atomic E-state index is -0.642. The van der Waals surface area contributed by atoms with Gasteiger partial charge in [0, 0.05) is 11.6 Å². The molecule has 0 saturated heterocycles. The Labute approximate surface area is 147 Å². The van der Waals surface area contributed by atoms with Crippen molar-refractivity contribution in [3.05, 3.63) is 52.4 Å². The second kappa shape index (κ2) is 8.35. The van der Waals surface area contributed by atoms with Crippen molar-refractivity contribution in [1.29, 1.82) is 0 Å². The molecular formula is C17H15BrO6. The molecule has 0 atom stereocenters. The number of halogens is 1. The van der Waals surface area contributed by atoms with Gasteiger partial charge in [-0.15, -0.1) is 0 Å². The zero-order chi connectivity index (χ0) is 17.5. The van der Waals surface area contributed by atoms with Crippen LogP contribution in [0.4, 0.5) is 0 Å². The van der Waals surface area contributed by atoms with Crippen molar-refractivity contribution in [2.45, 2.75) is 0 Å². The molecule has 0 aliphatic carbocycles. The molecule has 1 aromatic heterocycles. The number of rotatable bonds is 7. The van der Waals surface area contributed by atoms with Crippen LogP contribution in [0.2, 0.25) is 0 Å². The highest BCUT2D eigenvalue weighted by molar-refractivity contribution is 9.10. The summed E-state index contributed by atoms with van der Waals surface area (Å²) in [5, 5.41) is 0. The molecule has 0 radical (unpaired) electrons. The summed E-state index contributed by atoms with van der Waals surface area (Å²) in [6, 6.07) is 8.11. The number of benzene rings is 1. The van der Waals surface area contributed by atoms with Gasteiger partial charge in [-0.1, -0.05) is 0 Å². The summed E-state index contributed by atoms with van der Waals surface area (Å²) >= 11 is 3.16. The smallest absolute Gasteiger partial charge is 0.331 e. The number of furan rings is 1. The zero-order valence-corrected chi connectivity index (χ0v) is 14.7. The highest BCUT2D eigenvalue weighted by atomic mass is 79.9. The molecule has 0 fully saturated rings. The van der Waals surface area contributed by atoms with Crippen LogP contribution in [0.5, 0.6) is 11.5 Å². The SMILES string of the molecule is COc1ccc(C(=O)COC(=O)/C=C/c2ccc(Br)o2)cc1OC. The van der Waals surface area contributed by atoms with E-state index in [0.717, 1.165) is 0 Å². The monoisotopic (exact) mass is 394 g/mol. The summed E-state index contributed by atoms with van der Waals surface area (Å²) < 4.78 is 20.9. The highest BCUT2D eigenvalue weighted by Gasteiger charge is 2.12. The Morgan fingerprint density at radius 3 is 2.50 bits per heavy atom. The number of hydrogen-bond acceptors (Lipinski definition) is 6. The van der Waals surface area contributed by atoms with E-state index in [1.807, 2.05) is 0 Å². The van der Waals surface area contributed by atoms with Gasteiger partial charge in [-0.25, -0.2) is 4.79 Å². The molecule has 2 rings (SSSR count). The number of ketones is 1. The lowest BCUT2D eigenvalue weighted by Gasteiger charge is -2.09. The van der Waals surface area contributed by atoms with E-state index in [-0.39, 0.29) is 12.4 Å². The molecule has 0 amide bonds. The van der Waals surface area contributed by atoms with Gasteiger partial charge in [-0.05, 0) is 52.3 Å². The molecule has 1 heterocycles. The quantitative estimate of drug-likeness (QED) is 0.406. The van der Waals surface area contributed by atoms with E-state index in [0.29, 0.717) is 27.5 Å². The molecule has 0 saturated carbocycles. The van der Waals surface area contributed by atoms with Crippen LogP contribution in [-0.4, -0.2) is 32.6 Å². The predicted molar refractivity (Wildman–Crippen MR) is 90.3 cm³/mol. The molecule has 0 aliphatic heterocycles. The first-order valence-corrected chi connectivity index (χ1v) is 7.68. The van der Waals surface area contributed by atoms with Crippen molar-refractivity contribution in [2.24, 2.45) is 0 Å². The van der Waals surface area contributed by atoms with E-state index in [9.17, 15) is 9.59 Å². The standard InChI is InChI=1S/C17H15BrO6/c1-21-14-6-3-11(9-15(14)22-2)13(19)10-23-17(20)8-5-12-4-7-16(18)24-12/h3-9H,10H2,1-2H3/b8-5+. The second-order valence-electron chi connectivity index (χ2n) is 4.58. The molecule has 0 spiro atoms. The third-order valence-corrected chi connectivity index (χ3v) is 3.45. The summed E-state index contributed by atoms with van der Waals surface area (Å²) in [6.45, 7) is -0.374. The third kappa shape index (κ3) is 4.73. The lowest BCUT2D eigenvalue weighted by Crippen LogP contribution is -2.12. The van der Waals surface area contributed by atoms with E-state index >= 15 is 0 Å². The maximum atomic E-state index is 12.1. The zero-order valence-electron chi connectivity index (χ0n) is 13.1. The van der Waals surface area contributed by atoms with Gasteiger partial charge in [-0.2, -0.15) is 0 Å². The first-order valence-electron chi connectivity index (χ1n) is 6.89. The third-order valence-electron chi connectivity index (χ3n) is 3.03. The van der Waals surface area contributed by atoms with Crippen molar-refractivity contribution in [3.63, 3.8) is 0 Å². The first kappa shape index (κ1) is 17.8. The van der Waals surface area contributed by atoms with E-state index < -0.39 is 5.97 Å². The summed E-state index contributed by atoms with van der Waals surface area (Å²) in [6.07, 6.45) is 2.64. The molecule has 7 heteroatoms. The van der Waals surface area contributed by atoms with Crippen LogP contribution in [0, 0.1) is 0 Å². The van der Waals surface area contributed by atoms with Gasteiger partial charge in [0.25, 0.3) is 0 Å². The van der Waals surface area contributed by atoms with Crippen molar-refractivity contribution >= 4 is 33.8 Å². The minimum Gasteiger partial charge on any atom is -0.493 e. The summed E-state index contributed by atoms with van der Waals surface area (Å²) in [5.41, 5.74) is 0.361. The minimum absolute atomic E-state index is 0.349. The molecular weight excluding hydrogens is 380 g/mol. The number of esters is 1. The first-order chi connectivity index (χ1) is 11.5. The molecule has 0 bridgehead atoms. The molecule has 0 N–H and O–H groups in total. The maximum Gasteiger partial charge on any atom is 0.331 e. The number of carbonyl (C=O) groups excluding carboxylic acids is 2. The number of Topliss-reactive ketones (excluding diaryl/α,β-unsaturated/α-hetero) is 1. The summed E-state index contributed by atoms with van der Waals surface area (Å²) in [4.78, 5) is 23.7. The highest BCUT2D eigenvalue weighted by Crippen LogP contribution is 2.27. The van der Waals surface area contributed by atoms with Crippen molar-refractivity contribution in [2.75, 3.05) is 20.8 Å². The molecule has 24 heavy (non-hydrogen) atoms. The van der Waals surface area contributed by atoms with Gasteiger partial charge in [-0.3, -0.25) is 4.79 Å². The average Bonchev–Trinajstić information content (AvgIpc) is 3.02. The number of ether oxygens (including phenoxy) is 3. The van der Waals surface area contributed by atoms with Crippen LogP contribution >= 0.6 is 15.9 Å². The summed E-state index contributed by atoms with van der Waals surface area (Å²) in [7, 11) is 2.98. The average molecular weight is 395 g/mol. The van der Waals surface area contributed by atoms with Crippen LogP contribution < -0.4 is 9.47 Å². The van der Waals surface area contributed by atoms with Crippen molar-refractivity contribution in [1.82, 2.24) is 0 Å². The number of methoxy groups -OCH3 is 2. The van der Waals surface area contributed by atoms with E-state index in [4.69, 9.17) is 18.6 Å². The molecule has 126 valence electrons. The van der Waals surface area contributed by atoms with Gasteiger partial charge in [0.2, 0.25) is 0 Å². The normalized spacial score (nSPS) is 10.6. The molecule has 0 aliphatic rings. The van der Waals surface area contributed by atoms with Gasteiger partial charge < -0.3 is 18.6 Å². The fraction of sp³-hybridized carbons (Fsp3) is 0.176. The molecule has 6 nitrogen and oxygen atoms in total. The molecule has 1 aromatic carbocycles. The van der Waals surface area contributed by atoms with Gasteiger partial charge in [0.05, 0.1) is 14.2 Å². The Bertz CT molecular complexity index is 762. The topological polar surface area (TPSA) is 75.0 Å². The predicted octanol–water partition coefficient (Wildman–Crippen LogP) is 3.50. The van der Waals surface area contributed by atoms with Crippen LogP contribution in [0.25, 0.3) is 6.08 Å². The van der Waals surface area contributed by atoms with Crippen LogP contribution in [0.3, 0.4) is 0 Å². The fourth-order valence-electron chi connectivity index (χ4n) is 1.85. The maximum absolute atomic E-state index is 12.1. The number of carbonyl (C=O) groups is 2. The Kier molecular flexibility index (Phi) is 6.20. The molecule has 2 aromatic rings.